The van der Waals surface area contributed by atoms with Crippen LogP contribution in [0.3, 0.4) is 0 Å². The van der Waals surface area contributed by atoms with Crippen LogP contribution in [-0.2, 0) is 20.7 Å². The molecule has 0 spiro atoms. The van der Waals surface area contributed by atoms with Crippen molar-refractivity contribution in [2.45, 2.75) is 12.8 Å². The number of esters is 1. The van der Waals surface area contributed by atoms with E-state index in [4.69, 9.17) is 9.47 Å². The van der Waals surface area contributed by atoms with Gasteiger partial charge in [-0.3, -0.25) is 9.59 Å². The average molecular weight is 404 g/mol. The van der Waals surface area contributed by atoms with E-state index in [9.17, 15) is 9.59 Å². The first-order valence-corrected chi connectivity index (χ1v) is 8.85. The van der Waals surface area contributed by atoms with Crippen LogP contribution in [0.1, 0.15) is 12.0 Å². The fourth-order valence-electron chi connectivity index (χ4n) is 2.71. The Morgan fingerprint density at radius 3 is 2.68 bits per heavy atom. The molecule has 0 bridgehead atoms. The van der Waals surface area contributed by atoms with Gasteiger partial charge < -0.3 is 14.4 Å². The summed E-state index contributed by atoms with van der Waals surface area (Å²) in [6, 6.07) is 15.0. The number of ether oxygens (including phenoxy) is 2. The molecule has 0 unspecified atom stereocenters. The fraction of sp³-hybridized carbons (Fsp3) is 0.263. The smallest absolute Gasteiger partial charge is 0.326 e. The van der Waals surface area contributed by atoms with E-state index in [1.54, 1.807) is 0 Å². The van der Waals surface area contributed by atoms with Crippen LogP contribution in [0.25, 0.3) is 0 Å². The van der Waals surface area contributed by atoms with Crippen molar-refractivity contribution in [3.8, 4) is 5.75 Å². The van der Waals surface area contributed by atoms with Gasteiger partial charge in [0.1, 0.15) is 25.5 Å². The van der Waals surface area contributed by atoms with Crippen LogP contribution in [0.4, 0.5) is 5.69 Å². The normalized spacial score (nSPS) is 13.3. The molecule has 2 aromatic carbocycles. The monoisotopic (exact) mass is 403 g/mol. The summed E-state index contributed by atoms with van der Waals surface area (Å²) in [6.07, 6.45) is 1.08. The minimum Gasteiger partial charge on any atom is -0.490 e. The molecule has 6 heteroatoms. The van der Waals surface area contributed by atoms with Crippen molar-refractivity contribution in [1.82, 2.24) is 0 Å². The van der Waals surface area contributed by atoms with Crippen LogP contribution in [0.2, 0.25) is 0 Å². The molecule has 0 aliphatic carbocycles. The van der Waals surface area contributed by atoms with Crippen LogP contribution in [0.15, 0.2) is 53.0 Å². The molecule has 0 aromatic heterocycles. The third-order valence-electron chi connectivity index (χ3n) is 3.89. The molecule has 1 aliphatic rings. The molecule has 130 valence electrons. The minimum atomic E-state index is -0.444. The third kappa shape index (κ3) is 4.60. The Kier molecular flexibility index (Phi) is 5.71. The molecule has 25 heavy (non-hydrogen) atoms. The van der Waals surface area contributed by atoms with Crippen LogP contribution in [-0.4, -0.2) is 31.6 Å². The van der Waals surface area contributed by atoms with Gasteiger partial charge >= 0.3 is 5.97 Å². The number of nitrogens with zero attached hydrogens (tertiary/aromatic N) is 1. The number of rotatable bonds is 6. The first kappa shape index (κ1) is 17.5. The molecule has 0 saturated heterocycles. The van der Waals surface area contributed by atoms with Gasteiger partial charge in [0.15, 0.2) is 0 Å². The lowest BCUT2D eigenvalue weighted by molar-refractivity contribution is -0.143. The lowest BCUT2D eigenvalue weighted by Gasteiger charge is -2.28. The molecule has 0 fully saturated rings. The number of carbonyl (C=O) groups excluding carboxylic acids is 2. The summed E-state index contributed by atoms with van der Waals surface area (Å²) in [5, 5.41) is 0. The van der Waals surface area contributed by atoms with Gasteiger partial charge in [0.05, 0.1) is 0 Å². The number of benzene rings is 2. The molecule has 1 amide bonds. The van der Waals surface area contributed by atoms with Crippen molar-refractivity contribution in [2.24, 2.45) is 0 Å². The number of hydrogen-bond acceptors (Lipinski definition) is 4. The highest BCUT2D eigenvalue weighted by atomic mass is 79.9. The Morgan fingerprint density at radius 1 is 1.08 bits per heavy atom. The van der Waals surface area contributed by atoms with Crippen molar-refractivity contribution in [3.05, 3.63) is 58.6 Å². The van der Waals surface area contributed by atoms with Gasteiger partial charge in [-0.25, -0.2) is 0 Å². The molecule has 0 N–H and O–H groups in total. The second-order valence-electron chi connectivity index (χ2n) is 5.63. The number of carbonyl (C=O) groups is 2. The quantitative estimate of drug-likeness (QED) is 0.548. The molecule has 0 radical (unpaired) electrons. The van der Waals surface area contributed by atoms with Crippen molar-refractivity contribution in [2.75, 3.05) is 24.7 Å². The molecule has 3 rings (SSSR count). The van der Waals surface area contributed by atoms with Gasteiger partial charge in [-0.1, -0.05) is 34.1 Å². The van der Waals surface area contributed by atoms with E-state index in [1.807, 2.05) is 48.5 Å². The molecule has 5 nitrogen and oxygen atoms in total. The van der Waals surface area contributed by atoms with Gasteiger partial charge in [-0.05, 0) is 42.3 Å². The molecule has 0 saturated carbocycles. The highest BCUT2D eigenvalue weighted by Gasteiger charge is 2.26. The van der Waals surface area contributed by atoms with E-state index >= 15 is 0 Å². The van der Waals surface area contributed by atoms with Crippen LogP contribution in [0.5, 0.6) is 5.75 Å². The van der Waals surface area contributed by atoms with Gasteiger partial charge in [0, 0.05) is 16.6 Å². The summed E-state index contributed by atoms with van der Waals surface area (Å²) < 4.78 is 11.6. The lowest BCUT2D eigenvalue weighted by Crippen LogP contribution is -2.39. The molecular formula is C19H18BrNO4. The summed E-state index contributed by atoms with van der Waals surface area (Å²) in [7, 11) is 0. The molecule has 1 heterocycles. The predicted molar refractivity (Wildman–Crippen MR) is 97.7 cm³/mol. The number of aryl methyl sites for hydroxylation is 1. The van der Waals surface area contributed by atoms with E-state index in [0.717, 1.165) is 21.5 Å². The highest BCUT2D eigenvalue weighted by Crippen LogP contribution is 2.30. The van der Waals surface area contributed by atoms with Crippen LogP contribution in [0, 0.1) is 0 Å². The summed E-state index contributed by atoms with van der Waals surface area (Å²) in [4.78, 5) is 25.7. The molecule has 0 atom stereocenters. The number of para-hydroxylation sites is 1. The standard InChI is InChI=1S/C19H18BrNO4/c20-15-7-8-17-14(12-15)6-9-18(22)21(17)13-19(23)25-11-10-24-16-4-2-1-3-5-16/h1-5,7-8,12H,6,9-11,13H2. The Bertz CT molecular complexity index is 763. The zero-order valence-electron chi connectivity index (χ0n) is 13.6. The molecule has 1 aliphatic heterocycles. The van der Waals surface area contributed by atoms with Crippen LogP contribution < -0.4 is 9.64 Å². The number of hydrogen-bond donors (Lipinski definition) is 0. The van der Waals surface area contributed by atoms with Gasteiger partial charge in [0.2, 0.25) is 5.91 Å². The maximum absolute atomic E-state index is 12.2. The number of halogens is 1. The van der Waals surface area contributed by atoms with Crippen molar-refractivity contribution < 1.29 is 19.1 Å². The Labute approximate surface area is 154 Å². The lowest BCUT2D eigenvalue weighted by atomic mass is 10.0. The topological polar surface area (TPSA) is 55.8 Å². The zero-order chi connectivity index (χ0) is 17.6. The van der Waals surface area contributed by atoms with E-state index < -0.39 is 5.97 Å². The van der Waals surface area contributed by atoms with Crippen molar-refractivity contribution in [3.63, 3.8) is 0 Å². The predicted octanol–water partition coefficient (Wildman–Crippen LogP) is 3.35. The number of anilines is 1. The number of amides is 1. The maximum atomic E-state index is 12.2. The second-order valence-corrected chi connectivity index (χ2v) is 6.55. The summed E-state index contributed by atoms with van der Waals surface area (Å²) in [5.41, 5.74) is 1.83. The first-order chi connectivity index (χ1) is 12.1. The molecular weight excluding hydrogens is 386 g/mol. The Balaban J connectivity index is 1.52. The van der Waals surface area contributed by atoms with Gasteiger partial charge in [0.25, 0.3) is 0 Å². The maximum Gasteiger partial charge on any atom is 0.326 e. The van der Waals surface area contributed by atoms with E-state index in [2.05, 4.69) is 15.9 Å². The minimum absolute atomic E-state index is 0.0627. The second kappa shape index (κ2) is 8.16. The zero-order valence-corrected chi connectivity index (χ0v) is 15.2. The average Bonchev–Trinajstić information content (AvgIpc) is 2.62. The number of fused-ring (bicyclic) bond motifs is 1. The van der Waals surface area contributed by atoms with Crippen molar-refractivity contribution >= 4 is 33.5 Å². The molecule has 2 aromatic rings. The third-order valence-corrected chi connectivity index (χ3v) is 4.38. The van der Waals surface area contributed by atoms with E-state index in [-0.39, 0.29) is 25.7 Å². The summed E-state index contributed by atoms with van der Waals surface area (Å²) in [5.74, 6) is 0.220. The van der Waals surface area contributed by atoms with Crippen molar-refractivity contribution in [1.29, 1.82) is 0 Å². The highest BCUT2D eigenvalue weighted by molar-refractivity contribution is 9.10. The van der Waals surface area contributed by atoms with Gasteiger partial charge in [-0.2, -0.15) is 0 Å². The van der Waals surface area contributed by atoms with E-state index in [1.165, 1.54) is 4.90 Å². The summed E-state index contributed by atoms with van der Waals surface area (Å²) in [6.45, 7) is 0.328. The van der Waals surface area contributed by atoms with Gasteiger partial charge in [-0.15, -0.1) is 0 Å². The van der Waals surface area contributed by atoms with E-state index in [0.29, 0.717) is 12.8 Å². The Hall–Kier alpha value is -2.34. The fourth-order valence-corrected chi connectivity index (χ4v) is 3.12. The SMILES string of the molecule is O=C(CN1C(=O)CCc2cc(Br)ccc21)OCCOc1ccccc1. The summed E-state index contributed by atoms with van der Waals surface area (Å²) >= 11 is 3.43. The Morgan fingerprint density at radius 2 is 1.88 bits per heavy atom. The largest absolute Gasteiger partial charge is 0.490 e. The van der Waals surface area contributed by atoms with Crippen LogP contribution >= 0.6 is 15.9 Å². The first-order valence-electron chi connectivity index (χ1n) is 8.06.